The average Bonchev–Trinajstić information content (AvgIpc) is 2.94. The van der Waals surface area contributed by atoms with Gasteiger partial charge in [-0.05, 0) is 109 Å². The van der Waals surface area contributed by atoms with Gasteiger partial charge in [-0.1, -0.05) is 60.1 Å². The van der Waals surface area contributed by atoms with E-state index in [4.69, 9.17) is 4.74 Å². The minimum absolute atomic E-state index is 0.0270. The van der Waals surface area contributed by atoms with Crippen molar-refractivity contribution in [1.82, 2.24) is 0 Å². The minimum atomic E-state index is -1.49. The molecule has 7 heteroatoms. The molecular weight excluding hydrogens is 544 g/mol. The fraction of sp³-hybridized carbons (Fsp3) is 0.944. The average molecular weight is 605 g/mol. The number of hydrogen-bond donors (Lipinski definition) is 6. The van der Waals surface area contributed by atoms with E-state index in [-0.39, 0.29) is 39.1 Å². The molecule has 1 aliphatic heterocycles. The van der Waals surface area contributed by atoms with Gasteiger partial charge in [0.2, 0.25) is 0 Å². The van der Waals surface area contributed by atoms with Gasteiger partial charge in [0.1, 0.15) is 30.5 Å². The molecule has 6 aliphatic rings. The molecule has 5 fully saturated rings. The maximum atomic E-state index is 12.3. The highest BCUT2D eigenvalue weighted by atomic mass is 16.6. The molecular formula is C36H60O7. The zero-order chi connectivity index (χ0) is 31.5. The highest BCUT2D eigenvalue weighted by Gasteiger charge is 2.69. The van der Waals surface area contributed by atoms with Crippen LogP contribution in [0.25, 0.3) is 0 Å². The zero-order valence-electron chi connectivity index (χ0n) is 27.7. The van der Waals surface area contributed by atoms with Crippen molar-refractivity contribution >= 4 is 0 Å². The summed E-state index contributed by atoms with van der Waals surface area (Å²) in [5.74, 6) is 1.13. The molecule has 0 bridgehead atoms. The second-order valence-corrected chi connectivity index (χ2v) is 18.1. The summed E-state index contributed by atoms with van der Waals surface area (Å²) >= 11 is 0. The molecule has 1 heterocycles. The third-order valence-electron chi connectivity index (χ3n) is 15.5. The van der Waals surface area contributed by atoms with Crippen LogP contribution in [0.2, 0.25) is 0 Å². The van der Waals surface area contributed by atoms with Crippen molar-refractivity contribution in [2.75, 3.05) is 6.61 Å². The molecule has 6 unspecified atom stereocenters. The normalized spacial score (nSPS) is 54.7. The number of rotatable bonds is 3. The number of fused-ring (bicyclic) bond motifs is 7. The van der Waals surface area contributed by atoms with Crippen LogP contribution < -0.4 is 0 Å². The Kier molecular flexibility index (Phi) is 7.71. The molecule has 1 saturated heterocycles. The van der Waals surface area contributed by atoms with E-state index in [1.807, 2.05) is 0 Å². The Bertz CT molecular complexity index is 1120. The van der Waals surface area contributed by atoms with E-state index in [1.165, 1.54) is 5.57 Å². The molecule has 7 nitrogen and oxygen atoms in total. The van der Waals surface area contributed by atoms with Crippen molar-refractivity contribution in [3.05, 3.63) is 11.6 Å². The molecule has 0 spiro atoms. The fourth-order valence-corrected chi connectivity index (χ4v) is 12.5. The summed E-state index contributed by atoms with van der Waals surface area (Å²) in [5.41, 5.74) is 1.21. The molecule has 6 N–H and O–H groups in total. The number of ether oxygens (including phenoxy) is 1. The molecule has 6 rings (SSSR count). The fourth-order valence-electron chi connectivity index (χ4n) is 12.5. The van der Waals surface area contributed by atoms with E-state index in [0.717, 1.165) is 64.2 Å². The lowest BCUT2D eigenvalue weighted by atomic mass is 9.33. The standard InChI is InChI=1S/C36H60O7/c1-31(2)14-16-36(30(42)29-28(41)27(40)26(39)22(19-37)43-29)17-15-34(6)20(21(36)18-31)8-9-24-33(5)12-11-25(38)32(3,4)23(33)10-13-35(24,34)7/h8,21-30,37-42H,9-19H2,1-7H3/t21?,22?,23?,24?,25-,26-,27+,28?,29-,30?,33+,34-,35-,36+/m1/s1. The molecule has 246 valence electrons. The van der Waals surface area contributed by atoms with Gasteiger partial charge in [0.05, 0.1) is 18.8 Å². The van der Waals surface area contributed by atoms with E-state index >= 15 is 0 Å². The molecule has 43 heavy (non-hydrogen) atoms. The van der Waals surface area contributed by atoms with E-state index in [1.54, 1.807) is 0 Å². The highest BCUT2D eigenvalue weighted by molar-refractivity contribution is 5.34. The first-order valence-corrected chi connectivity index (χ1v) is 17.3. The van der Waals surface area contributed by atoms with Crippen LogP contribution in [0.4, 0.5) is 0 Å². The van der Waals surface area contributed by atoms with Crippen LogP contribution in [-0.2, 0) is 4.74 Å². The third-order valence-corrected chi connectivity index (χ3v) is 15.5. The largest absolute Gasteiger partial charge is 0.394 e. The summed E-state index contributed by atoms with van der Waals surface area (Å²) in [4.78, 5) is 0. The summed E-state index contributed by atoms with van der Waals surface area (Å²) in [6, 6.07) is 0. The summed E-state index contributed by atoms with van der Waals surface area (Å²) in [5, 5.41) is 65.3. The first-order valence-electron chi connectivity index (χ1n) is 17.3. The lowest BCUT2D eigenvalue weighted by Gasteiger charge is -2.72. The van der Waals surface area contributed by atoms with E-state index in [0.29, 0.717) is 11.8 Å². The van der Waals surface area contributed by atoms with Crippen LogP contribution in [0, 0.1) is 50.2 Å². The first-order chi connectivity index (χ1) is 19.9. The molecule has 0 radical (unpaired) electrons. The van der Waals surface area contributed by atoms with Crippen molar-refractivity contribution in [2.24, 2.45) is 50.2 Å². The van der Waals surface area contributed by atoms with Crippen LogP contribution >= 0.6 is 0 Å². The monoisotopic (exact) mass is 604 g/mol. The second kappa shape index (κ2) is 10.2. The van der Waals surface area contributed by atoms with Crippen molar-refractivity contribution in [3.63, 3.8) is 0 Å². The Labute approximate surface area is 259 Å². The van der Waals surface area contributed by atoms with Gasteiger partial charge >= 0.3 is 0 Å². The Hall–Kier alpha value is -0.540. The number of aliphatic hydroxyl groups is 6. The van der Waals surface area contributed by atoms with Gasteiger partial charge in [-0.2, -0.15) is 0 Å². The second-order valence-electron chi connectivity index (χ2n) is 18.1. The third kappa shape index (κ3) is 4.30. The quantitative estimate of drug-likeness (QED) is 0.264. The number of aliphatic hydroxyl groups excluding tert-OH is 6. The predicted molar refractivity (Wildman–Crippen MR) is 165 cm³/mol. The Morgan fingerprint density at radius 2 is 1.49 bits per heavy atom. The first kappa shape index (κ1) is 32.4. The SMILES string of the molecule is CC1(C)CC[C@]2(C(O)[C@@H]3OC(CO)[C@@H](O)[C@H](O)C3O)CC[C@]3(C)C(=CCC4[C@@]5(C)CC[C@@H](O)C(C)(C)C5CC[C@]43C)C2C1. The van der Waals surface area contributed by atoms with Crippen LogP contribution in [0.5, 0.6) is 0 Å². The van der Waals surface area contributed by atoms with Crippen LogP contribution in [0.15, 0.2) is 11.6 Å². The summed E-state index contributed by atoms with van der Waals surface area (Å²) < 4.78 is 6.01. The van der Waals surface area contributed by atoms with Crippen molar-refractivity contribution < 1.29 is 35.4 Å². The van der Waals surface area contributed by atoms with Gasteiger partial charge in [0, 0.05) is 5.41 Å². The van der Waals surface area contributed by atoms with Crippen LogP contribution in [-0.4, -0.2) is 80.0 Å². The maximum Gasteiger partial charge on any atom is 0.113 e. The summed E-state index contributed by atoms with van der Waals surface area (Å²) in [6.45, 7) is 16.3. The molecule has 0 aromatic rings. The Morgan fingerprint density at radius 3 is 2.16 bits per heavy atom. The molecule has 0 aromatic carbocycles. The van der Waals surface area contributed by atoms with Crippen molar-refractivity contribution in [1.29, 1.82) is 0 Å². The maximum absolute atomic E-state index is 12.3. The molecule has 4 saturated carbocycles. The number of hydrogen-bond acceptors (Lipinski definition) is 7. The molecule has 0 aromatic heterocycles. The van der Waals surface area contributed by atoms with E-state index in [2.05, 4.69) is 54.5 Å². The van der Waals surface area contributed by atoms with Gasteiger partial charge in [0.15, 0.2) is 0 Å². The summed E-state index contributed by atoms with van der Waals surface area (Å²) in [7, 11) is 0. The van der Waals surface area contributed by atoms with Gasteiger partial charge in [-0.25, -0.2) is 0 Å². The molecule has 0 amide bonds. The van der Waals surface area contributed by atoms with Crippen LogP contribution in [0.3, 0.4) is 0 Å². The molecule has 5 aliphatic carbocycles. The van der Waals surface area contributed by atoms with Gasteiger partial charge in [0.25, 0.3) is 0 Å². The van der Waals surface area contributed by atoms with Gasteiger partial charge < -0.3 is 35.4 Å². The lowest BCUT2D eigenvalue weighted by Crippen LogP contribution is -2.68. The Morgan fingerprint density at radius 1 is 0.814 bits per heavy atom. The van der Waals surface area contributed by atoms with Crippen molar-refractivity contribution in [2.45, 2.75) is 155 Å². The van der Waals surface area contributed by atoms with Crippen molar-refractivity contribution in [3.8, 4) is 0 Å². The highest BCUT2D eigenvalue weighted by Crippen LogP contribution is 2.76. The number of allylic oxidation sites excluding steroid dienone is 2. The van der Waals surface area contributed by atoms with Gasteiger partial charge in [-0.3, -0.25) is 0 Å². The molecule has 14 atom stereocenters. The van der Waals surface area contributed by atoms with E-state index < -0.39 is 48.6 Å². The predicted octanol–water partition coefficient (Wildman–Crippen LogP) is 4.35. The van der Waals surface area contributed by atoms with E-state index in [9.17, 15) is 30.6 Å². The lowest BCUT2D eigenvalue weighted by molar-refractivity contribution is -0.272. The topological polar surface area (TPSA) is 131 Å². The smallest absolute Gasteiger partial charge is 0.113 e. The minimum Gasteiger partial charge on any atom is -0.394 e. The zero-order valence-corrected chi connectivity index (χ0v) is 27.7. The van der Waals surface area contributed by atoms with Gasteiger partial charge in [-0.15, -0.1) is 0 Å². The summed E-state index contributed by atoms with van der Waals surface area (Å²) in [6.07, 6.45) is 4.49. The van der Waals surface area contributed by atoms with Crippen LogP contribution in [0.1, 0.15) is 113 Å². The Balaban J connectivity index is 1.40.